The van der Waals surface area contributed by atoms with Gasteiger partial charge in [-0.2, -0.15) is 0 Å². The van der Waals surface area contributed by atoms with E-state index in [0.29, 0.717) is 50.7 Å². The van der Waals surface area contributed by atoms with Gasteiger partial charge in [-0.25, -0.2) is 28.3 Å². The quantitative estimate of drug-likeness (QED) is 0.164. The second-order valence-electron chi connectivity index (χ2n) is 14.1. The topological polar surface area (TPSA) is 278 Å². The highest BCUT2D eigenvalue weighted by Gasteiger charge is 2.35. The fourth-order valence-corrected chi connectivity index (χ4v) is 7.19. The van der Waals surface area contributed by atoms with Crippen LogP contribution in [0.25, 0.3) is 22.1 Å². The lowest BCUT2D eigenvalue weighted by Crippen LogP contribution is -2.26. The smallest absolute Gasteiger partial charge is 0.341 e. The summed E-state index contributed by atoms with van der Waals surface area (Å²) in [7, 11) is 2.87. The molecule has 2 saturated carbocycles. The number of nitrogens with two attached hydrogens (primary N) is 2. The summed E-state index contributed by atoms with van der Waals surface area (Å²) in [5.74, 6) is -4.05. The molecule has 0 spiro atoms. The molecule has 4 aromatic heterocycles. The Kier molecular flexibility index (Phi) is 11.5. The Morgan fingerprint density at radius 2 is 1.12 bits per heavy atom. The maximum atomic E-state index is 14.9. The van der Waals surface area contributed by atoms with Crippen molar-refractivity contribution in [3.8, 4) is 0 Å². The Labute approximate surface area is 322 Å². The summed E-state index contributed by atoms with van der Waals surface area (Å²) in [6.45, 7) is 2.15. The van der Waals surface area contributed by atoms with E-state index in [-0.39, 0.29) is 74.2 Å². The van der Waals surface area contributed by atoms with Crippen molar-refractivity contribution in [2.45, 2.75) is 37.8 Å². The lowest BCUT2D eigenvalue weighted by Gasteiger charge is -2.19. The molecule has 0 bridgehead atoms. The molecule has 4 aromatic rings. The first-order valence-electron chi connectivity index (χ1n) is 18.0. The zero-order valence-electron chi connectivity index (χ0n) is 31.0. The molecule has 2 aliphatic heterocycles. The van der Waals surface area contributed by atoms with E-state index in [1.807, 2.05) is 0 Å². The highest BCUT2D eigenvalue weighted by atomic mass is 19.1. The second-order valence-corrected chi connectivity index (χ2v) is 14.1. The Morgan fingerprint density at radius 3 is 1.42 bits per heavy atom. The number of pyridine rings is 4. The highest BCUT2D eigenvalue weighted by molar-refractivity contribution is 5.96. The first kappa shape index (κ1) is 40.6. The van der Waals surface area contributed by atoms with Crippen molar-refractivity contribution in [1.82, 2.24) is 19.1 Å². The molecule has 4 fully saturated rings. The number of rotatable bonds is 10. The average molecular weight is 797 g/mol. The third-order valence-corrected chi connectivity index (χ3v) is 10.3. The van der Waals surface area contributed by atoms with E-state index in [2.05, 4.69) is 20.3 Å². The lowest BCUT2D eigenvalue weighted by molar-refractivity contribution is 0.0684. The molecule has 8 rings (SSSR count). The summed E-state index contributed by atoms with van der Waals surface area (Å²) < 4.78 is 33.1. The minimum atomic E-state index is -1.34. The summed E-state index contributed by atoms with van der Waals surface area (Å²) in [4.78, 5) is 69.8. The van der Waals surface area contributed by atoms with Crippen molar-refractivity contribution in [3.63, 3.8) is 0 Å². The van der Waals surface area contributed by atoms with Crippen molar-refractivity contribution in [1.29, 1.82) is 0 Å². The van der Waals surface area contributed by atoms with E-state index in [1.165, 1.54) is 26.6 Å². The van der Waals surface area contributed by atoms with Crippen molar-refractivity contribution < 1.29 is 43.7 Å². The third-order valence-electron chi connectivity index (χ3n) is 10.3. The summed E-state index contributed by atoms with van der Waals surface area (Å²) >= 11 is 0. The largest absolute Gasteiger partial charge is 0.477 e. The molecule has 2 atom stereocenters. The number of carboxylic acids is 2. The van der Waals surface area contributed by atoms with Gasteiger partial charge in [0.25, 0.3) is 0 Å². The molecule has 21 heteroatoms. The van der Waals surface area contributed by atoms with Gasteiger partial charge < -0.3 is 55.8 Å². The van der Waals surface area contributed by atoms with Crippen LogP contribution >= 0.6 is 0 Å². The van der Waals surface area contributed by atoms with Gasteiger partial charge in [0.1, 0.15) is 36.6 Å². The Hall–Kier alpha value is -6.06. The summed E-state index contributed by atoms with van der Waals surface area (Å²) in [5.41, 5.74) is 11.3. The molecule has 6 heterocycles. The van der Waals surface area contributed by atoms with E-state index >= 15 is 0 Å². The number of anilines is 2. The van der Waals surface area contributed by atoms with Crippen molar-refractivity contribution in [3.05, 3.63) is 67.7 Å². The molecule has 57 heavy (non-hydrogen) atoms. The van der Waals surface area contributed by atoms with Crippen LogP contribution in [-0.4, -0.2) is 112 Å². The number of nitrogens with zero attached hydrogens (tertiary/aromatic N) is 8. The van der Waals surface area contributed by atoms with E-state index in [1.54, 1.807) is 18.9 Å². The van der Waals surface area contributed by atoms with E-state index in [0.717, 1.165) is 37.8 Å². The maximum absolute atomic E-state index is 14.9. The van der Waals surface area contributed by atoms with E-state index in [4.69, 9.17) is 21.1 Å². The summed E-state index contributed by atoms with van der Waals surface area (Å²) in [6, 6.07) is 2.28. The van der Waals surface area contributed by atoms with Crippen LogP contribution in [0.1, 0.15) is 58.5 Å². The number of aromatic nitrogens is 4. The molecule has 2 aliphatic carbocycles. The van der Waals surface area contributed by atoms with E-state index < -0.39 is 34.4 Å². The Bertz CT molecular complexity index is 2260. The SMILES string of the molecule is CO/N=C1\CN(c2nc3c(cc2F)c(=O)c(C(=O)O)cn3C2CC2)CC1CN.CO/N=C1\CN(c2nc3c(cc2F)c(=O)c(C(=O)O)cn3C2CC2)CC1CN.O. The van der Waals surface area contributed by atoms with Gasteiger partial charge in [-0.1, -0.05) is 10.3 Å². The third kappa shape index (κ3) is 7.72. The van der Waals surface area contributed by atoms with Gasteiger partial charge in [-0.05, 0) is 37.8 Å². The Balaban J connectivity index is 0.000000189. The van der Waals surface area contributed by atoms with Crippen LogP contribution in [-0.2, 0) is 9.68 Å². The van der Waals surface area contributed by atoms with Crippen molar-refractivity contribution in [2.24, 2.45) is 33.6 Å². The van der Waals surface area contributed by atoms with Gasteiger partial charge in [0, 0.05) is 62.5 Å². The van der Waals surface area contributed by atoms with Crippen LogP contribution < -0.4 is 32.1 Å². The second kappa shape index (κ2) is 16.2. The van der Waals surface area contributed by atoms with Crippen LogP contribution in [0.4, 0.5) is 20.4 Å². The molecule has 4 aliphatic rings. The number of hydrogen-bond donors (Lipinski definition) is 4. The minimum absolute atomic E-state index is 0. The van der Waals surface area contributed by atoms with Crippen LogP contribution in [0.2, 0.25) is 0 Å². The molecular weight excluding hydrogens is 754 g/mol. The van der Waals surface area contributed by atoms with E-state index in [9.17, 15) is 38.2 Å². The normalized spacial score (nSPS) is 20.5. The van der Waals surface area contributed by atoms with Crippen molar-refractivity contribution in [2.75, 3.05) is 63.3 Å². The fourth-order valence-electron chi connectivity index (χ4n) is 7.19. The number of aromatic carboxylic acids is 2. The molecule has 8 N–H and O–H groups in total. The zero-order chi connectivity index (χ0) is 40.0. The number of carbonyl (C=O) groups is 2. The summed E-state index contributed by atoms with van der Waals surface area (Å²) in [6.07, 6.45) is 6.04. The zero-order valence-corrected chi connectivity index (χ0v) is 31.0. The minimum Gasteiger partial charge on any atom is -0.477 e. The average Bonchev–Trinajstić information content (AvgIpc) is 4.11. The molecule has 304 valence electrons. The predicted molar refractivity (Wildman–Crippen MR) is 204 cm³/mol. The number of fused-ring (bicyclic) bond motifs is 2. The number of oxime groups is 2. The lowest BCUT2D eigenvalue weighted by atomic mass is 10.1. The van der Waals surface area contributed by atoms with Gasteiger partial charge in [-0.15, -0.1) is 0 Å². The first-order valence-corrected chi connectivity index (χ1v) is 18.0. The van der Waals surface area contributed by atoms with Crippen molar-refractivity contribution >= 4 is 57.1 Å². The molecular formula is C36H42F2N10O9. The standard InChI is InChI=1S/2C18H20FN5O4.H2O/c2*1-28-22-14-8-23(6-9(14)5-20)17-13(19)4-11-15(25)12(18(26)27)7-24(10-2-3-10)16(11)21-17;/h2*4,7,9-10H,2-3,5-6,8,20H2,1H3,(H,26,27);1H2/b2*22-14+;. The molecule has 2 saturated heterocycles. The molecule has 0 amide bonds. The van der Waals surface area contributed by atoms with Gasteiger partial charge in [0.2, 0.25) is 10.9 Å². The predicted octanol–water partition coefficient (Wildman–Crippen LogP) is 1.11. The van der Waals surface area contributed by atoms with Gasteiger partial charge in [-0.3, -0.25) is 9.59 Å². The number of hydrogen-bond acceptors (Lipinski definition) is 14. The van der Waals surface area contributed by atoms with Crippen LogP contribution in [0, 0.1) is 23.5 Å². The van der Waals surface area contributed by atoms with Crippen LogP contribution in [0.3, 0.4) is 0 Å². The van der Waals surface area contributed by atoms with Gasteiger partial charge in [0.15, 0.2) is 23.3 Å². The van der Waals surface area contributed by atoms with Gasteiger partial charge in [0.05, 0.1) is 35.3 Å². The monoisotopic (exact) mass is 796 g/mol. The van der Waals surface area contributed by atoms with Crippen LogP contribution in [0.5, 0.6) is 0 Å². The first-order chi connectivity index (χ1) is 26.9. The molecule has 19 nitrogen and oxygen atoms in total. The molecule has 0 aromatic carbocycles. The maximum Gasteiger partial charge on any atom is 0.341 e. The number of halogens is 2. The molecule has 0 radical (unpaired) electrons. The van der Waals surface area contributed by atoms with Crippen LogP contribution in [0.15, 0.2) is 44.4 Å². The Morgan fingerprint density at radius 1 is 0.754 bits per heavy atom. The van der Waals surface area contributed by atoms with Gasteiger partial charge >= 0.3 is 11.9 Å². The number of carboxylic acid groups (broad SMARTS) is 2. The molecule has 2 unspecified atom stereocenters. The highest BCUT2D eigenvalue weighted by Crippen LogP contribution is 2.38. The summed E-state index contributed by atoms with van der Waals surface area (Å²) in [5, 5.41) is 26.5. The fraction of sp³-hybridized carbons (Fsp3) is 0.444.